The van der Waals surface area contributed by atoms with Crippen LogP contribution in [0, 0.1) is 0 Å². The highest BCUT2D eigenvalue weighted by Crippen LogP contribution is 2.28. The van der Waals surface area contributed by atoms with Gasteiger partial charge in [-0.2, -0.15) is 0 Å². The molecule has 0 saturated carbocycles. The van der Waals surface area contributed by atoms with Crippen molar-refractivity contribution in [3.8, 4) is 11.5 Å². The Labute approximate surface area is 123 Å². The second-order valence-electron chi connectivity index (χ2n) is 4.34. The SMILES string of the molecule is COC(=O)/C=C/c1ccc(OCC(=O)N(C)C)c(OC)c1. The Balaban J connectivity index is 2.81. The summed E-state index contributed by atoms with van der Waals surface area (Å²) in [5.74, 6) is 0.356. The fraction of sp³-hybridized carbons (Fsp3) is 0.333. The van der Waals surface area contributed by atoms with E-state index in [4.69, 9.17) is 9.47 Å². The van der Waals surface area contributed by atoms with Gasteiger partial charge in [-0.15, -0.1) is 0 Å². The second kappa shape index (κ2) is 7.94. The summed E-state index contributed by atoms with van der Waals surface area (Å²) in [6, 6.07) is 5.13. The first-order chi connectivity index (χ1) is 9.97. The van der Waals surface area contributed by atoms with E-state index >= 15 is 0 Å². The van der Waals surface area contributed by atoms with E-state index in [2.05, 4.69) is 4.74 Å². The van der Waals surface area contributed by atoms with Gasteiger partial charge in [0, 0.05) is 20.2 Å². The molecule has 0 N–H and O–H groups in total. The highest BCUT2D eigenvalue weighted by molar-refractivity contribution is 5.87. The van der Waals surface area contributed by atoms with E-state index in [1.165, 1.54) is 25.2 Å². The van der Waals surface area contributed by atoms with Crippen molar-refractivity contribution in [2.75, 3.05) is 34.9 Å². The van der Waals surface area contributed by atoms with Crippen LogP contribution >= 0.6 is 0 Å². The summed E-state index contributed by atoms with van der Waals surface area (Å²) in [5.41, 5.74) is 0.753. The van der Waals surface area contributed by atoms with Gasteiger partial charge in [0.15, 0.2) is 18.1 Å². The van der Waals surface area contributed by atoms with E-state index in [0.29, 0.717) is 11.5 Å². The number of carbonyl (C=O) groups excluding carboxylic acids is 2. The number of nitrogens with zero attached hydrogens (tertiary/aromatic N) is 1. The zero-order valence-corrected chi connectivity index (χ0v) is 12.6. The van der Waals surface area contributed by atoms with E-state index in [1.807, 2.05) is 0 Å². The van der Waals surface area contributed by atoms with Gasteiger partial charge in [-0.3, -0.25) is 4.79 Å². The Morgan fingerprint density at radius 3 is 2.48 bits per heavy atom. The van der Waals surface area contributed by atoms with Crippen molar-refractivity contribution in [3.05, 3.63) is 29.8 Å². The molecule has 0 aliphatic carbocycles. The average molecular weight is 293 g/mol. The first-order valence-electron chi connectivity index (χ1n) is 6.25. The molecule has 0 fully saturated rings. The van der Waals surface area contributed by atoms with E-state index in [9.17, 15) is 9.59 Å². The maximum absolute atomic E-state index is 11.5. The van der Waals surface area contributed by atoms with Crippen LogP contribution in [0.1, 0.15) is 5.56 Å². The lowest BCUT2D eigenvalue weighted by Crippen LogP contribution is -2.27. The molecular weight excluding hydrogens is 274 g/mol. The van der Waals surface area contributed by atoms with Crippen molar-refractivity contribution >= 4 is 18.0 Å². The smallest absolute Gasteiger partial charge is 0.330 e. The molecule has 0 radical (unpaired) electrons. The van der Waals surface area contributed by atoms with Crippen LogP contribution in [0.5, 0.6) is 11.5 Å². The number of hydrogen-bond acceptors (Lipinski definition) is 5. The lowest BCUT2D eigenvalue weighted by Gasteiger charge is -2.13. The van der Waals surface area contributed by atoms with Crippen LogP contribution in [0.25, 0.3) is 6.08 Å². The molecule has 0 aliphatic rings. The van der Waals surface area contributed by atoms with Gasteiger partial charge in [0.05, 0.1) is 14.2 Å². The van der Waals surface area contributed by atoms with Crippen LogP contribution in [0.3, 0.4) is 0 Å². The van der Waals surface area contributed by atoms with Gasteiger partial charge in [0.1, 0.15) is 0 Å². The van der Waals surface area contributed by atoms with E-state index < -0.39 is 5.97 Å². The van der Waals surface area contributed by atoms with E-state index in [0.717, 1.165) is 5.56 Å². The number of likely N-dealkylation sites (N-methyl/N-ethyl adjacent to an activating group) is 1. The molecule has 1 amide bonds. The minimum absolute atomic E-state index is 0.0687. The second-order valence-corrected chi connectivity index (χ2v) is 4.34. The molecule has 1 aromatic carbocycles. The number of ether oxygens (including phenoxy) is 3. The molecule has 0 aliphatic heterocycles. The van der Waals surface area contributed by atoms with Crippen molar-refractivity contribution in [1.29, 1.82) is 0 Å². The number of methoxy groups -OCH3 is 2. The Morgan fingerprint density at radius 1 is 1.19 bits per heavy atom. The fourth-order valence-electron chi connectivity index (χ4n) is 1.41. The molecule has 6 heteroatoms. The number of carbonyl (C=O) groups is 2. The van der Waals surface area contributed by atoms with Crippen molar-refractivity contribution < 1.29 is 23.8 Å². The quantitative estimate of drug-likeness (QED) is 0.585. The lowest BCUT2D eigenvalue weighted by atomic mass is 10.2. The van der Waals surface area contributed by atoms with E-state index in [1.54, 1.807) is 38.4 Å². The molecule has 1 aromatic rings. The summed E-state index contributed by atoms with van der Waals surface area (Å²) < 4.78 is 15.1. The normalized spacial score (nSPS) is 10.3. The van der Waals surface area contributed by atoms with Crippen LogP contribution in [0.4, 0.5) is 0 Å². The third kappa shape index (κ3) is 5.18. The van der Waals surface area contributed by atoms with Gasteiger partial charge in [-0.05, 0) is 23.8 Å². The van der Waals surface area contributed by atoms with Gasteiger partial charge in [0.2, 0.25) is 0 Å². The molecule has 0 spiro atoms. The minimum Gasteiger partial charge on any atom is -0.493 e. The summed E-state index contributed by atoms with van der Waals surface area (Å²) in [6.07, 6.45) is 2.91. The van der Waals surface area contributed by atoms with Gasteiger partial charge >= 0.3 is 5.97 Å². The van der Waals surface area contributed by atoms with Crippen LogP contribution in [0.15, 0.2) is 24.3 Å². The Morgan fingerprint density at radius 2 is 1.90 bits per heavy atom. The molecule has 0 atom stereocenters. The van der Waals surface area contributed by atoms with Gasteiger partial charge in [0.25, 0.3) is 5.91 Å². The standard InChI is InChI=1S/C15H19NO5/c1-16(2)14(17)10-21-12-7-5-11(9-13(12)19-3)6-8-15(18)20-4/h5-9H,10H2,1-4H3/b8-6+. The fourth-order valence-corrected chi connectivity index (χ4v) is 1.41. The first kappa shape index (κ1) is 16.6. The molecule has 6 nitrogen and oxygen atoms in total. The molecule has 1 rings (SSSR count). The maximum atomic E-state index is 11.5. The molecule has 0 heterocycles. The highest BCUT2D eigenvalue weighted by Gasteiger charge is 2.09. The Hall–Kier alpha value is -2.50. The monoisotopic (exact) mass is 293 g/mol. The number of esters is 1. The Bertz CT molecular complexity index is 537. The van der Waals surface area contributed by atoms with Gasteiger partial charge in [-0.1, -0.05) is 6.07 Å². The van der Waals surface area contributed by atoms with Crippen molar-refractivity contribution in [2.24, 2.45) is 0 Å². The predicted molar refractivity (Wildman–Crippen MR) is 78.2 cm³/mol. The first-order valence-corrected chi connectivity index (χ1v) is 6.25. The number of hydrogen-bond donors (Lipinski definition) is 0. The van der Waals surface area contributed by atoms with Crippen LogP contribution in [-0.4, -0.2) is 51.7 Å². The summed E-state index contributed by atoms with van der Waals surface area (Å²) >= 11 is 0. The molecule has 114 valence electrons. The molecule has 0 aromatic heterocycles. The third-order valence-corrected chi connectivity index (χ3v) is 2.65. The number of rotatable bonds is 6. The van der Waals surface area contributed by atoms with Gasteiger partial charge < -0.3 is 19.1 Å². The topological polar surface area (TPSA) is 65.1 Å². The highest BCUT2D eigenvalue weighted by atomic mass is 16.5. The van der Waals surface area contributed by atoms with Gasteiger partial charge in [-0.25, -0.2) is 4.79 Å². The van der Waals surface area contributed by atoms with Crippen LogP contribution in [-0.2, 0) is 14.3 Å². The molecule has 0 saturated heterocycles. The van der Waals surface area contributed by atoms with Crippen molar-refractivity contribution in [1.82, 2.24) is 4.90 Å². The van der Waals surface area contributed by atoms with E-state index in [-0.39, 0.29) is 12.5 Å². The number of benzene rings is 1. The number of amides is 1. The van der Waals surface area contributed by atoms with Crippen molar-refractivity contribution in [3.63, 3.8) is 0 Å². The summed E-state index contributed by atoms with van der Waals surface area (Å²) in [6.45, 7) is -0.0687. The zero-order chi connectivity index (χ0) is 15.8. The lowest BCUT2D eigenvalue weighted by molar-refractivity contribution is -0.134. The molecule has 0 unspecified atom stereocenters. The summed E-state index contributed by atoms with van der Waals surface area (Å²) in [7, 11) is 6.13. The van der Waals surface area contributed by atoms with Crippen molar-refractivity contribution in [2.45, 2.75) is 0 Å². The summed E-state index contributed by atoms with van der Waals surface area (Å²) in [5, 5.41) is 0. The molecular formula is C15H19NO5. The molecule has 21 heavy (non-hydrogen) atoms. The largest absolute Gasteiger partial charge is 0.493 e. The average Bonchev–Trinajstić information content (AvgIpc) is 2.50. The maximum Gasteiger partial charge on any atom is 0.330 e. The third-order valence-electron chi connectivity index (χ3n) is 2.65. The minimum atomic E-state index is -0.439. The summed E-state index contributed by atoms with van der Waals surface area (Å²) in [4.78, 5) is 24.0. The predicted octanol–water partition coefficient (Wildman–Crippen LogP) is 1.35. The molecule has 0 bridgehead atoms. The van der Waals surface area contributed by atoms with Crippen LogP contribution in [0.2, 0.25) is 0 Å². The zero-order valence-electron chi connectivity index (χ0n) is 12.6. The Kier molecular flexibility index (Phi) is 6.26. The van der Waals surface area contributed by atoms with Crippen LogP contribution < -0.4 is 9.47 Å².